The smallest absolute Gasteiger partial charge is 0.235 e. The summed E-state index contributed by atoms with van der Waals surface area (Å²) in [6.07, 6.45) is 1.88. The number of nitrogens with zero attached hydrogens (tertiary/aromatic N) is 4. The average molecular weight is 771 g/mol. The van der Waals surface area contributed by atoms with Crippen LogP contribution in [0.2, 0.25) is 0 Å². The molecule has 4 nitrogen and oxygen atoms in total. The maximum atomic E-state index is 5.22. The van der Waals surface area contributed by atoms with Gasteiger partial charge in [-0.15, -0.1) is 0 Å². The highest BCUT2D eigenvalue weighted by Crippen LogP contribution is 2.39. The summed E-state index contributed by atoms with van der Waals surface area (Å²) in [5, 5.41) is 4.85. The van der Waals surface area contributed by atoms with Gasteiger partial charge in [-0.05, 0) is 111 Å². The van der Waals surface area contributed by atoms with E-state index in [9.17, 15) is 0 Å². The summed E-state index contributed by atoms with van der Waals surface area (Å²) in [6, 6.07) is 69.9. The van der Waals surface area contributed by atoms with Crippen molar-refractivity contribution in [2.24, 2.45) is 0 Å². The van der Waals surface area contributed by atoms with Crippen molar-refractivity contribution in [3.63, 3.8) is 0 Å². The fraction of sp³-hybridized carbons (Fsp3) is 0.0714. The van der Waals surface area contributed by atoms with Crippen LogP contribution in [-0.2, 0) is 5.41 Å². The van der Waals surface area contributed by atoms with Gasteiger partial charge in [0.05, 0.1) is 27.8 Å². The molecule has 0 fully saturated rings. The van der Waals surface area contributed by atoms with Gasteiger partial charge < -0.3 is 4.57 Å². The first-order valence-corrected chi connectivity index (χ1v) is 20.6. The Morgan fingerprint density at radius 2 is 0.867 bits per heavy atom. The topological polar surface area (TPSA) is 35.6 Å². The van der Waals surface area contributed by atoms with Crippen molar-refractivity contribution in [1.29, 1.82) is 0 Å². The van der Waals surface area contributed by atoms with Crippen LogP contribution < -0.4 is 0 Å². The molecule has 0 saturated heterocycles. The molecule has 60 heavy (non-hydrogen) atoms. The van der Waals surface area contributed by atoms with Crippen LogP contribution in [0.15, 0.2) is 200 Å². The molecular weight excluding hydrogens is 729 g/mol. The van der Waals surface area contributed by atoms with E-state index in [0.717, 1.165) is 33.5 Å². The Balaban J connectivity index is 0.995. The van der Waals surface area contributed by atoms with Crippen molar-refractivity contribution in [3.8, 4) is 56.3 Å². The normalized spacial score (nSPS) is 11.9. The van der Waals surface area contributed by atoms with Gasteiger partial charge in [0.15, 0.2) is 0 Å². The summed E-state index contributed by atoms with van der Waals surface area (Å²) in [5.41, 5.74) is 16.1. The van der Waals surface area contributed by atoms with E-state index in [4.69, 9.17) is 9.97 Å². The van der Waals surface area contributed by atoms with Crippen LogP contribution in [0, 0.1) is 0 Å². The van der Waals surface area contributed by atoms with Crippen LogP contribution in [0.4, 0.5) is 0 Å². The molecule has 0 aliphatic carbocycles. The minimum atomic E-state index is 0.0371. The average Bonchev–Trinajstić information content (AvgIpc) is 3.81. The number of benzene rings is 8. The molecule has 11 rings (SSSR count). The van der Waals surface area contributed by atoms with Crippen molar-refractivity contribution in [1.82, 2.24) is 19.1 Å². The van der Waals surface area contributed by atoms with Gasteiger partial charge in [-0.1, -0.05) is 148 Å². The monoisotopic (exact) mass is 770 g/mol. The lowest BCUT2D eigenvalue weighted by Gasteiger charge is -2.19. The summed E-state index contributed by atoms with van der Waals surface area (Å²) < 4.78 is 4.60. The van der Waals surface area contributed by atoms with E-state index in [1.807, 2.05) is 12.3 Å². The maximum Gasteiger partial charge on any atom is 0.235 e. The molecule has 0 unspecified atom stereocenters. The molecule has 11 aromatic rings. The lowest BCUT2D eigenvalue weighted by molar-refractivity contribution is 0.591. The molecule has 0 amide bonds. The van der Waals surface area contributed by atoms with Crippen molar-refractivity contribution < 1.29 is 0 Å². The molecule has 0 spiro atoms. The van der Waals surface area contributed by atoms with Crippen LogP contribution in [0.1, 0.15) is 26.3 Å². The number of hydrogen-bond acceptors (Lipinski definition) is 2. The van der Waals surface area contributed by atoms with E-state index in [1.165, 1.54) is 66.0 Å². The Labute approximate surface area is 349 Å². The van der Waals surface area contributed by atoms with E-state index < -0.39 is 0 Å². The first kappa shape index (κ1) is 35.6. The zero-order chi connectivity index (χ0) is 40.4. The van der Waals surface area contributed by atoms with Crippen molar-refractivity contribution >= 4 is 43.6 Å². The van der Waals surface area contributed by atoms with Gasteiger partial charge >= 0.3 is 0 Å². The molecule has 0 bridgehead atoms. The van der Waals surface area contributed by atoms with Gasteiger partial charge in [0.25, 0.3) is 0 Å². The summed E-state index contributed by atoms with van der Waals surface area (Å²) in [4.78, 5) is 10.1. The van der Waals surface area contributed by atoms with Crippen LogP contribution in [0.25, 0.3) is 99.9 Å². The predicted molar refractivity (Wildman–Crippen MR) is 251 cm³/mol. The maximum absolute atomic E-state index is 5.22. The molecule has 4 heteroatoms. The predicted octanol–water partition coefficient (Wildman–Crippen LogP) is 14.6. The molecule has 0 atom stereocenters. The summed E-state index contributed by atoms with van der Waals surface area (Å²) in [6.45, 7) is 6.86. The Kier molecular flexibility index (Phi) is 8.35. The fourth-order valence-corrected chi connectivity index (χ4v) is 8.85. The molecule has 3 aromatic heterocycles. The van der Waals surface area contributed by atoms with Gasteiger partial charge in [0, 0.05) is 39.0 Å². The SMILES string of the molecule is CC(C)(C)c1ccc2c(c1)c1cc(-c3ccc4c(c3)c3ccccc3n4-c3nccc(-c4cccc(-c5ccc(-c6ccccc6)cc5)c4)n3)ccc1n2-c1ccccc1. The van der Waals surface area contributed by atoms with E-state index in [0.29, 0.717) is 5.95 Å². The molecular formula is C56H42N4. The number of hydrogen-bond donors (Lipinski definition) is 0. The van der Waals surface area contributed by atoms with Crippen LogP contribution >= 0.6 is 0 Å². The minimum absolute atomic E-state index is 0.0371. The molecule has 0 saturated carbocycles. The third-order valence-electron chi connectivity index (χ3n) is 12.0. The minimum Gasteiger partial charge on any atom is -0.309 e. The summed E-state index contributed by atoms with van der Waals surface area (Å²) in [5.74, 6) is 0.647. The van der Waals surface area contributed by atoms with Crippen molar-refractivity contribution in [3.05, 3.63) is 206 Å². The number of fused-ring (bicyclic) bond motifs is 6. The molecule has 0 radical (unpaired) electrons. The van der Waals surface area contributed by atoms with Crippen LogP contribution in [0.5, 0.6) is 0 Å². The Morgan fingerprint density at radius 1 is 0.367 bits per heavy atom. The molecule has 0 aliphatic heterocycles. The van der Waals surface area contributed by atoms with Gasteiger partial charge in [-0.25, -0.2) is 9.97 Å². The second kappa shape index (κ2) is 14.1. The standard InChI is InChI=1S/C56H42N4/c1-56(2,3)44-27-30-53-49(36-44)48-35-42(25-28-52(48)59(53)45-17-8-5-9-18-45)41-26-29-54-47(34-41)46-19-10-11-20-51(46)60(54)55-57-32-31-50(58-55)43-16-12-15-40(33-43)39-23-21-38(22-24-39)37-13-6-4-7-14-37/h4-36H,1-3H3. The van der Waals surface area contributed by atoms with E-state index in [1.54, 1.807) is 0 Å². The zero-order valence-corrected chi connectivity index (χ0v) is 33.8. The van der Waals surface area contributed by atoms with E-state index >= 15 is 0 Å². The van der Waals surface area contributed by atoms with Gasteiger partial charge in [-0.3, -0.25) is 4.57 Å². The molecule has 8 aromatic carbocycles. The number of aromatic nitrogens is 4. The highest BCUT2D eigenvalue weighted by molar-refractivity contribution is 6.12. The Bertz CT molecular complexity index is 3390. The highest BCUT2D eigenvalue weighted by atomic mass is 15.2. The molecule has 286 valence electrons. The van der Waals surface area contributed by atoms with E-state index in [2.05, 4.69) is 218 Å². The number of rotatable bonds is 6. The van der Waals surface area contributed by atoms with Gasteiger partial charge in [0.2, 0.25) is 5.95 Å². The zero-order valence-electron chi connectivity index (χ0n) is 33.8. The largest absolute Gasteiger partial charge is 0.309 e. The highest BCUT2D eigenvalue weighted by Gasteiger charge is 2.20. The second-order valence-electron chi connectivity index (χ2n) is 16.7. The fourth-order valence-electron chi connectivity index (χ4n) is 8.85. The first-order chi connectivity index (χ1) is 29.4. The summed E-state index contributed by atoms with van der Waals surface area (Å²) in [7, 11) is 0. The van der Waals surface area contributed by atoms with E-state index in [-0.39, 0.29) is 5.41 Å². The van der Waals surface area contributed by atoms with Gasteiger partial charge in [0.1, 0.15) is 0 Å². The molecule has 0 aliphatic rings. The lowest BCUT2D eigenvalue weighted by Crippen LogP contribution is -2.10. The number of para-hydroxylation sites is 2. The Morgan fingerprint density at radius 3 is 1.58 bits per heavy atom. The summed E-state index contributed by atoms with van der Waals surface area (Å²) >= 11 is 0. The van der Waals surface area contributed by atoms with Crippen molar-refractivity contribution in [2.75, 3.05) is 0 Å². The van der Waals surface area contributed by atoms with Gasteiger partial charge in [-0.2, -0.15) is 0 Å². The van der Waals surface area contributed by atoms with Crippen LogP contribution in [-0.4, -0.2) is 19.1 Å². The third-order valence-corrected chi connectivity index (χ3v) is 12.0. The molecule has 0 N–H and O–H groups in total. The third kappa shape index (κ3) is 6.08. The quantitative estimate of drug-likeness (QED) is 0.169. The first-order valence-electron chi connectivity index (χ1n) is 20.6. The van der Waals surface area contributed by atoms with Crippen molar-refractivity contribution in [2.45, 2.75) is 26.2 Å². The second-order valence-corrected chi connectivity index (χ2v) is 16.7. The Hall–Kier alpha value is -7.56. The van der Waals surface area contributed by atoms with Crippen LogP contribution in [0.3, 0.4) is 0 Å². The lowest BCUT2D eigenvalue weighted by atomic mass is 9.86. The molecule has 3 heterocycles.